The van der Waals surface area contributed by atoms with Crippen molar-refractivity contribution in [2.24, 2.45) is 0 Å². The second-order valence-corrected chi connectivity index (χ2v) is 4.31. The number of benzene rings is 1. The second-order valence-electron chi connectivity index (χ2n) is 4.31. The third kappa shape index (κ3) is 2.90. The van der Waals surface area contributed by atoms with Crippen molar-refractivity contribution in [1.82, 2.24) is 9.97 Å². The zero-order chi connectivity index (χ0) is 13.1. The molecule has 94 valence electrons. The Morgan fingerprint density at radius 3 is 2.78 bits per heavy atom. The normalized spacial score (nSPS) is 12.4. The van der Waals surface area contributed by atoms with E-state index in [0.29, 0.717) is 12.2 Å². The number of halogens is 1. The van der Waals surface area contributed by atoms with Crippen LogP contribution in [-0.4, -0.2) is 15.1 Å². The molecule has 0 unspecified atom stereocenters. The molecule has 1 heterocycles. The van der Waals surface area contributed by atoms with E-state index in [1.54, 1.807) is 19.2 Å². The summed E-state index contributed by atoms with van der Waals surface area (Å²) in [5.74, 6) is 0.368. The summed E-state index contributed by atoms with van der Waals surface area (Å²) in [7, 11) is 0. The quantitative estimate of drug-likeness (QED) is 0.905. The Balaban J connectivity index is 2.23. The van der Waals surface area contributed by atoms with Gasteiger partial charge in [-0.2, -0.15) is 0 Å². The number of hydrogen-bond acceptors (Lipinski definition) is 3. The first-order valence-electron chi connectivity index (χ1n) is 5.81. The van der Waals surface area contributed by atoms with Gasteiger partial charge in [-0.25, -0.2) is 14.4 Å². The van der Waals surface area contributed by atoms with Crippen molar-refractivity contribution < 1.29 is 9.50 Å². The van der Waals surface area contributed by atoms with Crippen molar-refractivity contribution in [3.8, 4) is 0 Å². The molecule has 0 radical (unpaired) electrons. The van der Waals surface area contributed by atoms with Crippen LogP contribution in [0.4, 0.5) is 4.39 Å². The van der Waals surface area contributed by atoms with Crippen LogP contribution in [0.1, 0.15) is 35.7 Å². The summed E-state index contributed by atoms with van der Waals surface area (Å²) in [6, 6.07) is 6.39. The molecular weight excluding hydrogens is 231 g/mol. The molecule has 1 N–H and O–H groups in total. The molecule has 1 atom stereocenters. The SMILES string of the molecule is Cc1nc(Cc2cccc(F)c2)ncc1[C@H](C)O. The lowest BCUT2D eigenvalue weighted by Gasteiger charge is -2.09. The smallest absolute Gasteiger partial charge is 0.132 e. The van der Waals surface area contributed by atoms with Crippen LogP contribution in [0.15, 0.2) is 30.5 Å². The Morgan fingerprint density at radius 2 is 2.17 bits per heavy atom. The number of rotatable bonds is 3. The first-order chi connectivity index (χ1) is 8.56. The van der Waals surface area contributed by atoms with Crippen LogP contribution in [0, 0.1) is 12.7 Å². The maximum atomic E-state index is 13.0. The predicted molar refractivity (Wildman–Crippen MR) is 66.6 cm³/mol. The van der Waals surface area contributed by atoms with Gasteiger partial charge in [-0.1, -0.05) is 12.1 Å². The van der Waals surface area contributed by atoms with E-state index in [9.17, 15) is 9.50 Å². The van der Waals surface area contributed by atoms with Crippen LogP contribution in [0.5, 0.6) is 0 Å². The Kier molecular flexibility index (Phi) is 3.67. The van der Waals surface area contributed by atoms with Gasteiger partial charge in [-0.3, -0.25) is 0 Å². The van der Waals surface area contributed by atoms with E-state index in [-0.39, 0.29) is 5.82 Å². The molecule has 1 aromatic carbocycles. The average Bonchev–Trinajstić information content (AvgIpc) is 2.28. The fourth-order valence-electron chi connectivity index (χ4n) is 1.85. The molecule has 18 heavy (non-hydrogen) atoms. The topological polar surface area (TPSA) is 46.0 Å². The van der Waals surface area contributed by atoms with Gasteiger partial charge in [0.15, 0.2) is 0 Å². The van der Waals surface area contributed by atoms with Crippen molar-refractivity contribution in [2.75, 3.05) is 0 Å². The number of aromatic nitrogens is 2. The van der Waals surface area contributed by atoms with Crippen LogP contribution in [-0.2, 0) is 6.42 Å². The van der Waals surface area contributed by atoms with Crippen molar-refractivity contribution in [3.63, 3.8) is 0 Å². The lowest BCUT2D eigenvalue weighted by atomic mass is 10.1. The number of aliphatic hydroxyl groups is 1. The van der Waals surface area contributed by atoms with E-state index in [4.69, 9.17) is 0 Å². The van der Waals surface area contributed by atoms with Crippen LogP contribution in [0.2, 0.25) is 0 Å². The second kappa shape index (κ2) is 5.23. The van der Waals surface area contributed by atoms with Crippen LogP contribution in [0.3, 0.4) is 0 Å². The van der Waals surface area contributed by atoms with Gasteiger partial charge in [-0.05, 0) is 31.5 Å². The minimum absolute atomic E-state index is 0.259. The van der Waals surface area contributed by atoms with Gasteiger partial charge < -0.3 is 5.11 Å². The fourth-order valence-corrected chi connectivity index (χ4v) is 1.85. The Morgan fingerprint density at radius 1 is 1.39 bits per heavy atom. The molecule has 0 amide bonds. The maximum absolute atomic E-state index is 13.0. The van der Waals surface area contributed by atoms with E-state index < -0.39 is 6.10 Å². The van der Waals surface area contributed by atoms with Gasteiger partial charge >= 0.3 is 0 Å². The van der Waals surface area contributed by atoms with Gasteiger partial charge in [0.25, 0.3) is 0 Å². The third-order valence-electron chi connectivity index (χ3n) is 2.77. The van der Waals surface area contributed by atoms with E-state index >= 15 is 0 Å². The first kappa shape index (κ1) is 12.6. The molecule has 3 nitrogen and oxygen atoms in total. The standard InChI is InChI=1S/C14H15FN2O/c1-9-13(10(2)18)8-16-14(17-9)7-11-4-3-5-12(15)6-11/h3-6,8,10,18H,7H2,1-2H3/t10-/m0/s1. The molecular formula is C14H15FN2O. The highest BCUT2D eigenvalue weighted by atomic mass is 19.1. The van der Waals surface area contributed by atoms with Crippen LogP contribution >= 0.6 is 0 Å². The van der Waals surface area contributed by atoms with Crippen LogP contribution in [0.25, 0.3) is 0 Å². The molecule has 4 heteroatoms. The molecule has 0 spiro atoms. The van der Waals surface area contributed by atoms with Crippen molar-refractivity contribution in [2.45, 2.75) is 26.4 Å². The summed E-state index contributed by atoms with van der Waals surface area (Å²) >= 11 is 0. The summed E-state index contributed by atoms with van der Waals surface area (Å²) < 4.78 is 13.0. The lowest BCUT2D eigenvalue weighted by molar-refractivity contribution is 0.197. The first-order valence-corrected chi connectivity index (χ1v) is 5.81. The maximum Gasteiger partial charge on any atom is 0.132 e. The molecule has 2 rings (SSSR count). The summed E-state index contributed by atoms with van der Waals surface area (Å²) in [5, 5.41) is 9.49. The van der Waals surface area contributed by atoms with Crippen molar-refractivity contribution >= 4 is 0 Å². The molecule has 0 saturated carbocycles. The molecule has 1 aromatic heterocycles. The van der Waals surface area contributed by atoms with Crippen molar-refractivity contribution in [1.29, 1.82) is 0 Å². The van der Waals surface area contributed by atoms with Gasteiger partial charge in [0.1, 0.15) is 11.6 Å². The van der Waals surface area contributed by atoms with Gasteiger partial charge in [0, 0.05) is 23.9 Å². The molecule has 0 aliphatic carbocycles. The fraction of sp³-hybridized carbons (Fsp3) is 0.286. The average molecular weight is 246 g/mol. The summed E-state index contributed by atoms with van der Waals surface area (Å²) in [4.78, 5) is 8.52. The van der Waals surface area contributed by atoms with E-state index in [0.717, 1.165) is 16.8 Å². The minimum atomic E-state index is -0.576. The van der Waals surface area contributed by atoms with Crippen LogP contribution < -0.4 is 0 Å². The molecule has 0 aliphatic rings. The predicted octanol–water partition coefficient (Wildman–Crippen LogP) is 2.57. The zero-order valence-electron chi connectivity index (χ0n) is 10.4. The monoisotopic (exact) mass is 246 g/mol. The Labute approximate surface area is 105 Å². The Bertz CT molecular complexity index is 555. The molecule has 0 saturated heterocycles. The van der Waals surface area contributed by atoms with Gasteiger partial charge in [-0.15, -0.1) is 0 Å². The summed E-state index contributed by atoms with van der Waals surface area (Å²) in [6.07, 6.45) is 1.54. The number of hydrogen-bond donors (Lipinski definition) is 1. The van der Waals surface area contributed by atoms with Crippen molar-refractivity contribution in [3.05, 3.63) is 58.9 Å². The van der Waals surface area contributed by atoms with E-state index in [1.165, 1.54) is 12.1 Å². The molecule has 2 aromatic rings. The molecule has 0 aliphatic heterocycles. The number of aryl methyl sites for hydroxylation is 1. The summed E-state index contributed by atoms with van der Waals surface area (Å²) in [6.45, 7) is 3.51. The largest absolute Gasteiger partial charge is 0.389 e. The third-order valence-corrected chi connectivity index (χ3v) is 2.77. The number of nitrogens with zero attached hydrogens (tertiary/aromatic N) is 2. The minimum Gasteiger partial charge on any atom is -0.389 e. The molecule has 0 fully saturated rings. The Hall–Kier alpha value is -1.81. The van der Waals surface area contributed by atoms with E-state index in [1.807, 2.05) is 13.0 Å². The zero-order valence-corrected chi connectivity index (χ0v) is 10.4. The highest BCUT2D eigenvalue weighted by molar-refractivity contribution is 5.23. The highest BCUT2D eigenvalue weighted by Crippen LogP contribution is 2.15. The highest BCUT2D eigenvalue weighted by Gasteiger charge is 2.08. The van der Waals surface area contributed by atoms with Gasteiger partial charge in [0.2, 0.25) is 0 Å². The number of aliphatic hydroxyl groups excluding tert-OH is 1. The van der Waals surface area contributed by atoms with E-state index in [2.05, 4.69) is 9.97 Å². The molecule has 0 bridgehead atoms. The lowest BCUT2D eigenvalue weighted by Crippen LogP contribution is -2.04. The summed E-state index contributed by atoms with van der Waals surface area (Å²) in [5.41, 5.74) is 2.31. The van der Waals surface area contributed by atoms with Gasteiger partial charge in [0.05, 0.1) is 6.10 Å².